The number of methoxy groups -OCH3 is 2. The maximum absolute atomic E-state index is 12.5. The van der Waals surface area contributed by atoms with Gasteiger partial charge in [-0.2, -0.15) is 0 Å². The van der Waals surface area contributed by atoms with E-state index < -0.39 is 10.0 Å². The molecule has 2 aromatic rings. The maximum Gasteiger partial charge on any atom is 0.261 e. The Kier molecular flexibility index (Phi) is 5.29. The van der Waals surface area contributed by atoms with Crippen molar-refractivity contribution in [2.24, 2.45) is 0 Å². The minimum absolute atomic E-state index is 0.0149. The van der Waals surface area contributed by atoms with Crippen molar-refractivity contribution in [3.63, 3.8) is 0 Å². The zero-order chi connectivity index (χ0) is 17.2. The number of nitrogens with one attached hydrogen (secondary N) is 1. The Hall–Kier alpha value is -1.63. The van der Waals surface area contributed by atoms with E-state index in [-0.39, 0.29) is 14.9 Å². The van der Waals surface area contributed by atoms with Gasteiger partial charge in [0.1, 0.15) is 0 Å². The second kappa shape index (κ2) is 6.86. The van der Waals surface area contributed by atoms with E-state index >= 15 is 0 Å². The predicted molar refractivity (Wildman–Crippen MR) is 91.6 cm³/mol. The van der Waals surface area contributed by atoms with Crippen LogP contribution in [-0.4, -0.2) is 22.6 Å². The number of ether oxygens (including phenoxy) is 2. The lowest BCUT2D eigenvalue weighted by molar-refractivity contribution is 0.355. The number of aryl methyl sites for hydroxylation is 1. The first-order chi connectivity index (χ1) is 10.8. The van der Waals surface area contributed by atoms with Crippen LogP contribution in [0.2, 0.25) is 10.0 Å². The molecule has 0 amide bonds. The summed E-state index contributed by atoms with van der Waals surface area (Å²) in [6.07, 6.45) is 0. The Morgan fingerprint density at radius 3 is 2.13 bits per heavy atom. The molecule has 0 unspecified atom stereocenters. The number of benzene rings is 2. The van der Waals surface area contributed by atoms with Crippen molar-refractivity contribution in [2.45, 2.75) is 11.8 Å². The summed E-state index contributed by atoms with van der Waals surface area (Å²) < 4.78 is 37.9. The SMILES string of the molecule is COc1cc(C)c(NS(=O)(=O)c2ccc(Cl)c(Cl)c2)cc1OC. The van der Waals surface area contributed by atoms with E-state index in [0.29, 0.717) is 22.7 Å². The van der Waals surface area contributed by atoms with Crippen LogP contribution >= 0.6 is 23.2 Å². The summed E-state index contributed by atoms with van der Waals surface area (Å²) in [6.45, 7) is 1.76. The number of sulfonamides is 1. The summed E-state index contributed by atoms with van der Waals surface area (Å²) >= 11 is 11.7. The largest absolute Gasteiger partial charge is 0.493 e. The molecule has 23 heavy (non-hydrogen) atoms. The molecule has 0 saturated heterocycles. The van der Waals surface area contributed by atoms with Gasteiger partial charge in [-0.05, 0) is 36.8 Å². The Morgan fingerprint density at radius 1 is 0.957 bits per heavy atom. The van der Waals surface area contributed by atoms with Crippen LogP contribution in [-0.2, 0) is 10.0 Å². The highest BCUT2D eigenvalue weighted by atomic mass is 35.5. The van der Waals surface area contributed by atoms with Gasteiger partial charge in [-0.15, -0.1) is 0 Å². The molecule has 0 heterocycles. The van der Waals surface area contributed by atoms with Crippen LogP contribution in [0, 0.1) is 6.92 Å². The molecule has 2 rings (SSSR count). The first kappa shape index (κ1) is 17.7. The van der Waals surface area contributed by atoms with Crippen molar-refractivity contribution < 1.29 is 17.9 Å². The van der Waals surface area contributed by atoms with Gasteiger partial charge in [-0.3, -0.25) is 4.72 Å². The van der Waals surface area contributed by atoms with Crippen molar-refractivity contribution >= 4 is 38.9 Å². The van der Waals surface area contributed by atoms with Crippen LogP contribution < -0.4 is 14.2 Å². The second-order valence-electron chi connectivity index (χ2n) is 4.70. The Balaban J connectivity index is 2.42. The maximum atomic E-state index is 12.5. The van der Waals surface area contributed by atoms with Crippen LogP contribution in [0.15, 0.2) is 35.2 Å². The standard InChI is InChI=1S/C15H15Cl2NO4S/c1-9-6-14(21-2)15(22-3)8-13(9)18-23(19,20)10-4-5-11(16)12(17)7-10/h4-8,18H,1-3H3. The van der Waals surface area contributed by atoms with Crippen molar-refractivity contribution in [1.29, 1.82) is 0 Å². The molecule has 0 spiro atoms. The number of anilines is 1. The van der Waals surface area contributed by atoms with Crippen LogP contribution in [0.4, 0.5) is 5.69 Å². The number of halogens is 2. The molecule has 0 bridgehead atoms. The molecule has 2 aromatic carbocycles. The highest BCUT2D eigenvalue weighted by Gasteiger charge is 2.18. The number of hydrogen-bond acceptors (Lipinski definition) is 4. The molecule has 1 N–H and O–H groups in total. The van der Waals surface area contributed by atoms with E-state index in [9.17, 15) is 8.42 Å². The van der Waals surface area contributed by atoms with Crippen molar-refractivity contribution in [2.75, 3.05) is 18.9 Å². The minimum atomic E-state index is -3.81. The Morgan fingerprint density at radius 2 is 1.57 bits per heavy atom. The third-order valence-corrected chi connectivity index (χ3v) is 5.28. The molecular formula is C15H15Cl2NO4S. The summed E-state index contributed by atoms with van der Waals surface area (Å²) in [6, 6.07) is 7.35. The number of hydrogen-bond donors (Lipinski definition) is 1. The van der Waals surface area contributed by atoms with Crippen LogP contribution in [0.3, 0.4) is 0 Å². The fraction of sp³-hybridized carbons (Fsp3) is 0.200. The first-order valence-corrected chi connectivity index (χ1v) is 8.73. The van der Waals surface area contributed by atoms with Gasteiger partial charge in [0, 0.05) is 6.07 Å². The van der Waals surface area contributed by atoms with Gasteiger partial charge in [0.05, 0.1) is 34.8 Å². The highest BCUT2D eigenvalue weighted by molar-refractivity contribution is 7.92. The average Bonchev–Trinajstić information content (AvgIpc) is 2.51. The summed E-state index contributed by atoms with van der Waals surface area (Å²) in [4.78, 5) is 0.0149. The lowest BCUT2D eigenvalue weighted by Crippen LogP contribution is -2.14. The third-order valence-electron chi connectivity index (χ3n) is 3.18. The highest BCUT2D eigenvalue weighted by Crippen LogP contribution is 2.34. The molecular weight excluding hydrogens is 361 g/mol. The van der Waals surface area contributed by atoms with E-state index in [0.717, 1.165) is 0 Å². The van der Waals surface area contributed by atoms with Crippen LogP contribution in [0.5, 0.6) is 11.5 Å². The Bertz CT molecular complexity index is 838. The first-order valence-electron chi connectivity index (χ1n) is 6.49. The van der Waals surface area contributed by atoms with E-state index in [1.165, 1.54) is 32.4 Å². The molecule has 0 atom stereocenters. The molecule has 8 heteroatoms. The molecule has 5 nitrogen and oxygen atoms in total. The van der Waals surface area contributed by atoms with Gasteiger partial charge in [0.25, 0.3) is 10.0 Å². The fourth-order valence-corrected chi connectivity index (χ4v) is 3.45. The third kappa shape index (κ3) is 3.83. The molecule has 0 aliphatic heterocycles. The van der Waals surface area contributed by atoms with E-state index in [2.05, 4.69) is 4.72 Å². The zero-order valence-electron chi connectivity index (χ0n) is 12.7. The molecule has 0 aromatic heterocycles. The van der Waals surface area contributed by atoms with E-state index in [1.807, 2.05) is 0 Å². The van der Waals surface area contributed by atoms with Crippen molar-refractivity contribution in [3.05, 3.63) is 45.9 Å². The van der Waals surface area contributed by atoms with Gasteiger partial charge in [0.2, 0.25) is 0 Å². The summed E-state index contributed by atoms with van der Waals surface area (Å²) in [5, 5.41) is 0.450. The van der Waals surface area contributed by atoms with Crippen molar-refractivity contribution in [1.82, 2.24) is 0 Å². The van der Waals surface area contributed by atoms with Gasteiger partial charge in [-0.1, -0.05) is 23.2 Å². The predicted octanol–water partition coefficient (Wildman–Crippen LogP) is 4.12. The van der Waals surface area contributed by atoms with Gasteiger partial charge >= 0.3 is 0 Å². The molecule has 0 aliphatic rings. The molecule has 0 fully saturated rings. The minimum Gasteiger partial charge on any atom is -0.493 e. The molecule has 124 valence electrons. The van der Waals surface area contributed by atoms with Crippen LogP contribution in [0.25, 0.3) is 0 Å². The lowest BCUT2D eigenvalue weighted by Gasteiger charge is -2.15. The fourth-order valence-electron chi connectivity index (χ4n) is 1.94. The summed E-state index contributed by atoms with van der Waals surface area (Å²) in [7, 11) is -0.822. The quantitative estimate of drug-likeness (QED) is 0.853. The van der Waals surface area contributed by atoms with Crippen molar-refractivity contribution in [3.8, 4) is 11.5 Å². The summed E-state index contributed by atoms with van der Waals surface area (Å²) in [5.74, 6) is 0.937. The molecule has 0 radical (unpaired) electrons. The molecule has 0 aliphatic carbocycles. The average molecular weight is 376 g/mol. The normalized spacial score (nSPS) is 11.2. The van der Waals surface area contributed by atoms with E-state index in [1.54, 1.807) is 19.1 Å². The smallest absolute Gasteiger partial charge is 0.261 e. The second-order valence-corrected chi connectivity index (χ2v) is 7.20. The van der Waals surface area contributed by atoms with Gasteiger partial charge in [-0.25, -0.2) is 8.42 Å². The Labute approximate surface area is 145 Å². The van der Waals surface area contributed by atoms with Gasteiger partial charge < -0.3 is 9.47 Å². The monoisotopic (exact) mass is 375 g/mol. The lowest BCUT2D eigenvalue weighted by atomic mass is 10.2. The molecule has 0 saturated carbocycles. The van der Waals surface area contributed by atoms with E-state index in [4.69, 9.17) is 32.7 Å². The zero-order valence-corrected chi connectivity index (χ0v) is 15.0. The topological polar surface area (TPSA) is 64.6 Å². The number of rotatable bonds is 5. The van der Waals surface area contributed by atoms with Gasteiger partial charge in [0.15, 0.2) is 11.5 Å². The summed E-state index contributed by atoms with van der Waals surface area (Å²) in [5.41, 5.74) is 1.07. The van der Waals surface area contributed by atoms with Crippen LogP contribution in [0.1, 0.15) is 5.56 Å².